The lowest BCUT2D eigenvalue weighted by Gasteiger charge is -2.07. The SMILES string of the molecule is CNc1cccc(CNCc2ccc(F)c(F)c2)c1. The predicted molar refractivity (Wildman–Crippen MR) is 72.9 cm³/mol. The number of halogens is 2. The smallest absolute Gasteiger partial charge is 0.159 e. The van der Waals surface area contributed by atoms with Crippen LogP contribution in [-0.2, 0) is 13.1 Å². The van der Waals surface area contributed by atoms with Gasteiger partial charge < -0.3 is 10.6 Å². The molecule has 0 radical (unpaired) electrons. The predicted octanol–water partition coefficient (Wildman–Crippen LogP) is 3.30. The molecule has 0 saturated heterocycles. The van der Waals surface area contributed by atoms with Crippen molar-refractivity contribution in [2.45, 2.75) is 13.1 Å². The van der Waals surface area contributed by atoms with E-state index in [0.717, 1.165) is 22.9 Å². The maximum Gasteiger partial charge on any atom is 0.159 e. The maximum absolute atomic E-state index is 13.0. The van der Waals surface area contributed by atoms with Crippen molar-refractivity contribution < 1.29 is 8.78 Å². The summed E-state index contributed by atoms with van der Waals surface area (Å²) in [5.74, 6) is -1.62. The van der Waals surface area contributed by atoms with Crippen LogP contribution in [0.3, 0.4) is 0 Å². The third kappa shape index (κ3) is 3.76. The van der Waals surface area contributed by atoms with E-state index in [2.05, 4.69) is 10.6 Å². The molecule has 0 aliphatic heterocycles. The Balaban J connectivity index is 1.90. The van der Waals surface area contributed by atoms with Crippen LogP contribution < -0.4 is 10.6 Å². The van der Waals surface area contributed by atoms with Gasteiger partial charge in [0.15, 0.2) is 11.6 Å². The first kappa shape index (κ1) is 13.5. The van der Waals surface area contributed by atoms with E-state index in [1.807, 2.05) is 31.3 Å². The Morgan fingerprint density at radius 1 is 0.895 bits per heavy atom. The highest BCUT2D eigenvalue weighted by Crippen LogP contribution is 2.11. The molecule has 0 atom stereocenters. The van der Waals surface area contributed by atoms with Gasteiger partial charge in [0.1, 0.15) is 0 Å². The van der Waals surface area contributed by atoms with E-state index < -0.39 is 11.6 Å². The van der Waals surface area contributed by atoms with Gasteiger partial charge in [-0.05, 0) is 35.4 Å². The lowest BCUT2D eigenvalue weighted by molar-refractivity contribution is 0.506. The minimum absolute atomic E-state index is 0.501. The maximum atomic E-state index is 13.0. The lowest BCUT2D eigenvalue weighted by atomic mass is 10.2. The van der Waals surface area contributed by atoms with Crippen LogP contribution in [0, 0.1) is 11.6 Å². The van der Waals surface area contributed by atoms with Crippen molar-refractivity contribution in [2.24, 2.45) is 0 Å². The average Bonchev–Trinajstić information content (AvgIpc) is 2.43. The van der Waals surface area contributed by atoms with Gasteiger partial charge in [0, 0.05) is 25.8 Å². The van der Waals surface area contributed by atoms with E-state index in [0.29, 0.717) is 13.1 Å². The van der Waals surface area contributed by atoms with E-state index in [9.17, 15) is 8.78 Å². The van der Waals surface area contributed by atoms with Crippen LogP contribution in [0.15, 0.2) is 42.5 Å². The number of hydrogen-bond acceptors (Lipinski definition) is 2. The minimum atomic E-state index is -0.814. The largest absolute Gasteiger partial charge is 0.388 e. The van der Waals surface area contributed by atoms with Crippen molar-refractivity contribution in [1.82, 2.24) is 5.32 Å². The Morgan fingerprint density at radius 2 is 1.63 bits per heavy atom. The normalized spacial score (nSPS) is 10.5. The van der Waals surface area contributed by atoms with Crippen molar-refractivity contribution in [3.63, 3.8) is 0 Å². The topological polar surface area (TPSA) is 24.1 Å². The zero-order valence-corrected chi connectivity index (χ0v) is 10.7. The van der Waals surface area contributed by atoms with Gasteiger partial charge in [0.2, 0.25) is 0 Å². The van der Waals surface area contributed by atoms with Crippen LogP contribution in [0.2, 0.25) is 0 Å². The molecule has 2 aromatic carbocycles. The van der Waals surface area contributed by atoms with Crippen molar-refractivity contribution in [3.05, 3.63) is 65.2 Å². The van der Waals surface area contributed by atoms with Gasteiger partial charge in [0.05, 0.1) is 0 Å². The Hall–Kier alpha value is -1.94. The molecule has 0 amide bonds. The Kier molecular flexibility index (Phi) is 4.47. The first-order valence-electron chi connectivity index (χ1n) is 6.10. The molecule has 0 heterocycles. The van der Waals surface area contributed by atoms with E-state index >= 15 is 0 Å². The molecule has 2 rings (SSSR count). The quantitative estimate of drug-likeness (QED) is 0.864. The molecule has 2 aromatic rings. The fourth-order valence-electron chi connectivity index (χ4n) is 1.84. The van der Waals surface area contributed by atoms with Crippen LogP contribution in [0.4, 0.5) is 14.5 Å². The van der Waals surface area contributed by atoms with Crippen LogP contribution in [0.25, 0.3) is 0 Å². The van der Waals surface area contributed by atoms with Gasteiger partial charge in [-0.2, -0.15) is 0 Å². The Labute approximate surface area is 111 Å². The minimum Gasteiger partial charge on any atom is -0.388 e. The van der Waals surface area contributed by atoms with Crippen molar-refractivity contribution in [3.8, 4) is 0 Å². The second-order valence-electron chi connectivity index (χ2n) is 4.30. The molecule has 0 unspecified atom stereocenters. The number of rotatable bonds is 5. The highest BCUT2D eigenvalue weighted by atomic mass is 19.2. The monoisotopic (exact) mass is 262 g/mol. The number of anilines is 1. The van der Waals surface area contributed by atoms with Gasteiger partial charge in [-0.15, -0.1) is 0 Å². The van der Waals surface area contributed by atoms with Gasteiger partial charge in [-0.25, -0.2) is 8.78 Å². The second-order valence-corrected chi connectivity index (χ2v) is 4.30. The summed E-state index contributed by atoms with van der Waals surface area (Å²) in [5.41, 5.74) is 2.91. The first-order valence-corrected chi connectivity index (χ1v) is 6.10. The standard InChI is InChI=1S/C15H16F2N2/c1-18-13-4-2-3-11(7-13)9-19-10-12-5-6-14(16)15(17)8-12/h2-8,18-19H,9-10H2,1H3. The highest BCUT2D eigenvalue weighted by Gasteiger charge is 2.02. The van der Waals surface area contributed by atoms with Crippen LogP contribution in [0.1, 0.15) is 11.1 Å². The molecule has 0 saturated carbocycles. The molecule has 2 nitrogen and oxygen atoms in total. The third-order valence-corrected chi connectivity index (χ3v) is 2.86. The average molecular weight is 262 g/mol. The molecule has 0 bridgehead atoms. The molecule has 4 heteroatoms. The summed E-state index contributed by atoms with van der Waals surface area (Å²) in [6.45, 7) is 1.18. The van der Waals surface area contributed by atoms with Crippen molar-refractivity contribution in [1.29, 1.82) is 0 Å². The molecule has 0 aromatic heterocycles. The van der Waals surface area contributed by atoms with E-state index in [1.54, 1.807) is 6.07 Å². The van der Waals surface area contributed by atoms with E-state index in [4.69, 9.17) is 0 Å². The molecule has 19 heavy (non-hydrogen) atoms. The molecular weight excluding hydrogens is 246 g/mol. The van der Waals surface area contributed by atoms with Gasteiger partial charge in [-0.1, -0.05) is 18.2 Å². The fourth-order valence-corrected chi connectivity index (χ4v) is 1.84. The Morgan fingerprint density at radius 3 is 2.32 bits per heavy atom. The summed E-state index contributed by atoms with van der Waals surface area (Å²) in [6, 6.07) is 12.0. The Bertz CT molecular complexity index is 556. The fraction of sp³-hybridized carbons (Fsp3) is 0.200. The molecular formula is C15H16F2N2. The van der Waals surface area contributed by atoms with Crippen LogP contribution >= 0.6 is 0 Å². The molecule has 0 aliphatic rings. The van der Waals surface area contributed by atoms with Crippen molar-refractivity contribution >= 4 is 5.69 Å². The highest BCUT2D eigenvalue weighted by molar-refractivity contribution is 5.44. The van der Waals surface area contributed by atoms with Crippen molar-refractivity contribution in [2.75, 3.05) is 12.4 Å². The summed E-state index contributed by atoms with van der Waals surface area (Å²) in [5, 5.41) is 6.27. The van der Waals surface area contributed by atoms with E-state index in [-0.39, 0.29) is 0 Å². The van der Waals surface area contributed by atoms with Crippen LogP contribution in [0.5, 0.6) is 0 Å². The lowest BCUT2D eigenvalue weighted by Crippen LogP contribution is -2.13. The zero-order chi connectivity index (χ0) is 13.7. The summed E-state index contributed by atoms with van der Waals surface area (Å²) >= 11 is 0. The number of hydrogen-bond donors (Lipinski definition) is 2. The molecule has 0 fully saturated rings. The number of nitrogens with one attached hydrogen (secondary N) is 2. The van der Waals surface area contributed by atoms with Gasteiger partial charge in [0.25, 0.3) is 0 Å². The molecule has 0 aliphatic carbocycles. The summed E-state index contributed by atoms with van der Waals surface area (Å²) in [4.78, 5) is 0. The second kappa shape index (κ2) is 6.29. The molecule has 2 N–H and O–H groups in total. The summed E-state index contributed by atoms with van der Waals surface area (Å²) in [7, 11) is 1.87. The molecule has 100 valence electrons. The third-order valence-electron chi connectivity index (χ3n) is 2.86. The molecule has 0 spiro atoms. The summed E-state index contributed by atoms with van der Waals surface area (Å²) < 4.78 is 25.8. The number of benzene rings is 2. The zero-order valence-electron chi connectivity index (χ0n) is 10.7. The van der Waals surface area contributed by atoms with Gasteiger partial charge >= 0.3 is 0 Å². The van der Waals surface area contributed by atoms with Crippen LogP contribution in [-0.4, -0.2) is 7.05 Å². The van der Waals surface area contributed by atoms with E-state index in [1.165, 1.54) is 6.07 Å². The first-order chi connectivity index (χ1) is 9.19. The van der Waals surface area contributed by atoms with Gasteiger partial charge in [-0.3, -0.25) is 0 Å². The summed E-state index contributed by atoms with van der Waals surface area (Å²) in [6.07, 6.45) is 0.